The fourth-order valence-electron chi connectivity index (χ4n) is 2.46. The van der Waals surface area contributed by atoms with E-state index >= 15 is 0 Å². The van der Waals surface area contributed by atoms with Crippen LogP contribution in [-0.4, -0.2) is 15.2 Å². The molecule has 0 unspecified atom stereocenters. The molecule has 0 aliphatic heterocycles. The smallest absolute Gasteiger partial charge is 0.149 e. The Morgan fingerprint density at radius 3 is 2.90 bits per heavy atom. The Hall–Kier alpha value is -2.36. The zero-order valence-corrected chi connectivity index (χ0v) is 11.7. The zero-order valence-electron chi connectivity index (χ0n) is 11.7. The fraction of sp³-hybridized carbons (Fsp3) is 0.250. The predicted molar refractivity (Wildman–Crippen MR) is 82.3 cm³/mol. The van der Waals surface area contributed by atoms with Crippen molar-refractivity contribution < 1.29 is 0 Å². The van der Waals surface area contributed by atoms with Crippen molar-refractivity contribution in [2.45, 2.75) is 20.3 Å². The number of H-pyrrole nitrogens is 1. The summed E-state index contributed by atoms with van der Waals surface area (Å²) < 4.78 is 0. The van der Waals surface area contributed by atoms with Crippen LogP contribution in [0.5, 0.6) is 0 Å². The summed E-state index contributed by atoms with van der Waals surface area (Å²) in [6, 6.07) is 10.2. The molecule has 0 bridgehead atoms. The van der Waals surface area contributed by atoms with E-state index in [0.717, 1.165) is 34.1 Å². The Bertz CT molecular complexity index is 743. The van der Waals surface area contributed by atoms with Gasteiger partial charge < -0.3 is 5.73 Å². The Morgan fingerprint density at radius 1 is 1.25 bits per heavy atom. The third kappa shape index (κ3) is 2.25. The van der Waals surface area contributed by atoms with E-state index < -0.39 is 0 Å². The van der Waals surface area contributed by atoms with Gasteiger partial charge in [-0.25, -0.2) is 0 Å². The van der Waals surface area contributed by atoms with E-state index in [1.54, 1.807) is 6.20 Å². The molecule has 0 saturated heterocycles. The van der Waals surface area contributed by atoms with E-state index in [-0.39, 0.29) is 0 Å². The van der Waals surface area contributed by atoms with Gasteiger partial charge in [-0.1, -0.05) is 26.0 Å². The molecule has 2 heterocycles. The minimum absolute atomic E-state index is 0.538. The molecular weight excluding hydrogens is 248 g/mol. The summed E-state index contributed by atoms with van der Waals surface area (Å²) in [4.78, 5) is 4.34. The van der Waals surface area contributed by atoms with Crippen LogP contribution in [0, 0.1) is 5.92 Å². The van der Waals surface area contributed by atoms with Crippen LogP contribution < -0.4 is 5.73 Å². The molecule has 102 valence electrons. The second kappa shape index (κ2) is 4.96. The summed E-state index contributed by atoms with van der Waals surface area (Å²) in [6.07, 6.45) is 2.73. The number of benzene rings is 1. The summed E-state index contributed by atoms with van der Waals surface area (Å²) in [5, 5.41) is 8.35. The number of nitrogen functional groups attached to an aromatic ring is 1. The number of nitrogens with one attached hydrogen (secondary N) is 1. The monoisotopic (exact) mass is 266 g/mol. The van der Waals surface area contributed by atoms with Crippen LogP contribution in [0.1, 0.15) is 19.4 Å². The maximum Gasteiger partial charge on any atom is 0.149 e. The summed E-state index contributed by atoms with van der Waals surface area (Å²) in [6.45, 7) is 4.36. The number of nitrogens with two attached hydrogens (primary N) is 1. The molecular formula is C16H18N4. The van der Waals surface area contributed by atoms with E-state index in [0.29, 0.717) is 11.7 Å². The second-order valence-electron chi connectivity index (χ2n) is 5.47. The minimum Gasteiger partial charge on any atom is -0.382 e. The first-order chi connectivity index (χ1) is 9.65. The zero-order chi connectivity index (χ0) is 14.1. The van der Waals surface area contributed by atoms with E-state index in [1.165, 1.54) is 0 Å². The van der Waals surface area contributed by atoms with Gasteiger partial charge in [0, 0.05) is 22.7 Å². The SMILES string of the molecule is CC(C)Cc1c(N)n[nH]c1-c1ccc2ncccc2c1. The Morgan fingerprint density at radius 2 is 2.10 bits per heavy atom. The highest BCUT2D eigenvalue weighted by atomic mass is 15.2. The Kier molecular flexibility index (Phi) is 3.14. The fourth-order valence-corrected chi connectivity index (χ4v) is 2.46. The number of hydrogen-bond donors (Lipinski definition) is 2. The van der Waals surface area contributed by atoms with Crippen LogP contribution in [0.2, 0.25) is 0 Å². The molecule has 0 atom stereocenters. The van der Waals surface area contributed by atoms with Crippen LogP contribution in [0.25, 0.3) is 22.2 Å². The molecule has 3 N–H and O–H groups in total. The molecule has 0 spiro atoms. The van der Waals surface area contributed by atoms with Gasteiger partial charge in [0.2, 0.25) is 0 Å². The summed E-state index contributed by atoms with van der Waals surface area (Å²) in [5.41, 5.74) is 10.2. The van der Waals surface area contributed by atoms with Crippen molar-refractivity contribution in [3.63, 3.8) is 0 Å². The average Bonchev–Trinajstić information content (AvgIpc) is 2.79. The van der Waals surface area contributed by atoms with E-state index in [1.807, 2.05) is 12.1 Å². The van der Waals surface area contributed by atoms with Gasteiger partial charge >= 0.3 is 0 Å². The van der Waals surface area contributed by atoms with E-state index in [9.17, 15) is 0 Å². The number of aromatic amines is 1. The van der Waals surface area contributed by atoms with Gasteiger partial charge in [0.15, 0.2) is 0 Å². The molecule has 20 heavy (non-hydrogen) atoms. The predicted octanol–water partition coefficient (Wildman–Crippen LogP) is 3.41. The third-order valence-corrected chi connectivity index (χ3v) is 3.40. The molecule has 2 aromatic heterocycles. The normalized spacial score (nSPS) is 11.3. The van der Waals surface area contributed by atoms with E-state index in [2.05, 4.69) is 47.2 Å². The molecule has 0 aliphatic carbocycles. The molecule has 0 amide bonds. The molecule has 1 aromatic carbocycles. The second-order valence-corrected chi connectivity index (χ2v) is 5.47. The van der Waals surface area contributed by atoms with Gasteiger partial charge in [-0.15, -0.1) is 0 Å². The summed E-state index contributed by atoms with van der Waals surface area (Å²) in [5.74, 6) is 1.13. The standard InChI is InChI=1S/C16H18N4/c1-10(2)8-13-15(19-20-16(13)17)12-5-6-14-11(9-12)4-3-7-18-14/h3-7,9-10H,8H2,1-2H3,(H3,17,19,20). The number of pyridine rings is 1. The largest absolute Gasteiger partial charge is 0.382 e. The highest BCUT2D eigenvalue weighted by molar-refractivity contribution is 5.84. The lowest BCUT2D eigenvalue weighted by Gasteiger charge is -2.07. The van der Waals surface area contributed by atoms with Crippen molar-refractivity contribution >= 4 is 16.7 Å². The lowest BCUT2D eigenvalue weighted by molar-refractivity contribution is 0.649. The summed E-state index contributed by atoms with van der Waals surface area (Å²) in [7, 11) is 0. The molecule has 0 aliphatic rings. The highest BCUT2D eigenvalue weighted by Crippen LogP contribution is 2.29. The molecule has 3 aromatic rings. The number of hydrogen-bond acceptors (Lipinski definition) is 3. The van der Waals surface area contributed by atoms with Crippen LogP contribution >= 0.6 is 0 Å². The van der Waals surface area contributed by atoms with Crippen LogP contribution in [0.15, 0.2) is 36.5 Å². The first-order valence-corrected chi connectivity index (χ1v) is 6.83. The van der Waals surface area contributed by atoms with Crippen molar-refractivity contribution in [3.05, 3.63) is 42.1 Å². The number of aromatic nitrogens is 3. The first-order valence-electron chi connectivity index (χ1n) is 6.83. The van der Waals surface area contributed by atoms with Gasteiger partial charge in [0.25, 0.3) is 0 Å². The molecule has 0 saturated carbocycles. The van der Waals surface area contributed by atoms with Gasteiger partial charge in [0.1, 0.15) is 5.82 Å². The number of fused-ring (bicyclic) bond motifs is 1. The highest BCUT2D eigenvalue weighted by Gasteiger charge is 2.14. The topological polar surface area (TPSA) is 67.6 Å². The third-order valence-electron chi connectivity index (χ3n) is 3.40. The number of rotatable bonds is 3. The molecule has 4 nitrogen and oxygen atoms in total. The van der Waals surface area contributed by atoms with Crippen molar-refractivity contribution in [1.29, 1.82) is 0 Å². The van der Waals surface area contributed by atoms with Crippen molar-refractivity contribution in [2.24, 2.45) is 5.92 Å². The van der Waals surface area contributed by atoms with Crippen LogP contribution in [0.3, 0.4) is 0 Å². The van der Waals surface area contributed by atoms with E-state index in [4.69, 9.17) is 5.73 Å². The van der Waals surface area contributed by atoms with Gasteiger partial charge in [-0.2, -0.15) is 5.10 Å². The first kappa shape index (κ1) is 12.7. The molecule has 4 heteroatoms. The molecule has 0 fully saturated rings. The maximum absolute atomic E-state index is 5.98. The molecule has 3 rings (SSSR count). The van der Waals surface area contributed by atoms with Crippen molar-refractivity contribution in [3.8, 4) is 11.3 Å². The lowest BCUT2D eigenvalue weighted by Crippen LogP contribution is -1.99. The average molecular weight is 266 g/mol. The van der Waals surface area contributed by atoms with Crippen molar-refractivity contribution in [1.82, 2.24) is 15.2 Å². The Balaban J connectivity index is 2.11. The van der Waals surface area contributed by atoms with Gasteiger partial charge in [0.05, 0.1) is 11.2 Å². The maximum atomic E-state index is 5.98. The Labute approximate surface area is 118 Å². The summed E-state index contributed by atoms with van der Waals surface area (Å²) >= 11 is 0. The van der Waals surface area contributed by atoms with Crippen LogP contribution in [0.4, 0.5) is 5.82 Å². The molecule has 0 radical (unpaired) electrons. The van der Waals surface area contributed by atoms with Crippen LogP contribution in [-0.2, 0) is 6.42 Å². The number of nitrogens with zero attached hydrogens (tertiary/aromatic N) is 2. The minimum atomic E-state index is 0.538. The van der Waals surface area contributed by atoms with Gasteiger partial charge in [-0.3, -0.25) is 10.1 Å². The quantitative estimate of drug-likeness (QED) is 0.763. The van der Waals surface area contributed by atoms with Gasteiger partial charge in [-0.05, 0) is 30.5 Å². The lowest BCUT2D eigenvalue weighted by atomic mass is 9.98. The number of anilines is 1. The van der Waals surface area contributed by atoms with Crippen molar-refractivity contribution in [2.75, 3.05) is 5.73 Å².